The Kier molecular flexibility index (Phi) is 6.05. The van der Waals surface area contributed by atoms with E-state index in [4.69, 9.17) is 16.3 Å². The Morgan fingerprint density at radius 1 is 1.03 bits per heavy atom. The molecule has 0 radical (unpaired) electrons. The zero-order chi connectivity index (χ0) is 21.0. The smallest absolute Gasteiger partial charge is 0.265 e. The molecule has 0 aromatic heterocycles. The molecule has 0 aliphatic rings. The van der Waals surface area contributed by atoms with E-state index < -0.39 is 21.7 Å². The van der Waals surface area contributed by atoms with E-state index in [-0.39, 0.29) is 32.6 Å². The fraction of sp³-hybridized carbons (Fsp3) is 0.0500. The van der Waals surface area contributed by atoms with Gasteiger partial charge in [0.2, 0.25) is 0 Å². The molecule has 0 spiro atoms. The monoisotopic (exact) mass is 434 g/mol. The molecular formula is C20H16ClFN2O4S. The molecular weight excluding hydrogens is 419 g/mol. The van der Waals surface area contributed by atoms with E-state index in [0.717, 1.165) is 6.07 Å². The average Bonchev–Trinajstić information content (AvgIpc) is 2.70. The largest absolute Gasteiger partial charge is 0.495 e. The van der Waals surface area contributed by atoms with Gasteiger partial charge in [0.15, 0.2) is 0 Å². The molecule has 9 heteroatoms. The Labute approximate surface area is 172 Å². The lowest BCUT2D eigenvalue weighted by molar-refractivity contribution is 0.102. The summed E-state index contributed by atoms with van der Waals surface area (Å²) >= 11 is 6.02. The SMILES string of the molecule is COc1ccc(NC(=O)c2ccccc2F)cc1S(=O)(=O)Nc1ccccc1Cl. The molecule has 0 bridgehead atoms. The summed E-state index contributed by atoms with van der Waals surface area (Å²) in [6, 6.07) is 15.9. The van der Waals surface area contributed by atoms with E-state index in [2.05, 4.69) is 10.0 Å². The van der Waals surface area contributed by atoms with Crippen LogP contribution in [0.25, 0.3) is 0 Å². The van der Waals surface area contributed by atoms with Gasteiger partial charge in [-0.15, -0.1) is 0 Å². The number of carbonyl (C=O) groups excluding carboxylic acids is 1. The lowest BCUT2D eigenvalue weighted by Gasteiger charge is -2.14. The summed E-state index contributed by atoms with van der Waals surface area (Å²) < 4.78 is 47.1. The minimum atomic E-state index is -4.09. The predicted octanol–water partition coefficient (Wildman–Crippen LogP) is 4.54. The van der Waals surface area contributed by atoms with Gasteiger partial charge >= 0.3 is 0 Å². The van der Waals surface area contributed by atoms with Crippen molar-refractivity contribution in [3.63, 3.8) is 0 Å². The van der Waals surface area contributed by atoms with Gasteiger partial charge < -0.3 is 10.1 Å². The first-order valence-electron chi connectivity index (χ1n) is 8.33. The van der Waals surface area contributed by atoms with Crippen molar-refractivity contribution >= 4 is 38.9 Å². The van der Waals surface area contributed by atoms with Gasteiger partial charge in [0.1, 0.15) is 16.5 Å². The van der Waals surface area contributed by atoms with E-state index in [1.807, 2.05) is 0 Å². The summed E-state index contributed by atoms with van der Waals surface area (Å²) in [5.74, 6) is -1.34. The van der Waals surface area contributed by atoms with Crippen LogP contribution in [0.5, 0.6) is 5.75 Å². The number of anilines is 2. The van der Waals surface area contributed by atoms with Gasteiger partial charge in [0.25, 0.3) is 15.9 Å². The van der Waals surface area contributed by atoms with Crippen molar-refractivity contribution in [2.45, 2.75) is 4.90 Å². The van der Waals surface area contributed by atoms with Crippen molar-refractivity contribution in [1.29, 1.82) is 0 Å². The van der Waals surface area contributed by atoms with Crippen molar-refractivity contribution in [1.82, 2.24) is 0 Å². The molecule has 0 unspecified atom stereocenters. The average molecular weight is 435 g/mol. The summed E-state index contributed by atoms with van der Waals surface area (Å²) in [6.45, 7) is 0. The number of carbonyl (C=O) groups is 1. The first-order chi connectivity index (χ1) is 13.8. The third-order valence-corrected chi connectivity index (χ3v) is 5.66. The van der Waals surface area contributed by atoms with Crippen LogP contribution in [-0.2, 0) is 10.0 Å². The van der Waals surface area contributed by atoms with Crippen molar-refractivity contribution in [2.24, 2.45) is 0 Å². The van der Waals surface area contributed by atoms with Gasteiger partial charge in [0.05, 0.1) is 23.4 Å². The molecule has 3 aromatic carbocycles. The van der Waals surface area contributed by atoms with Gasteiger partial charge in [-0.1, -0.05) is 35.9 Å². The summed E-state index contributed by atoms with van der Waals surface area (Å²) in [5.41, 5.74) is 0.178. The first-order valence-corrected chi connectivity index (χ1v) is 10.2. The molecule has 0 aliphatic heterocycles. The molecule has 0 atom stereocenters. The zero-order valence-electron chi connectivity index (χ0n) is 15.1. The van der Waals surface area contributed by atoms with E-state index in [0.29, 0.717) is 0 Å². The molecule has 1 amide bonds. The van der Waals surface area contributed by atoms with Crippen LogP contribution in [-0.4, -0.2) is 21.4 Å². The van der Waals surface area contributed by atoms with Crippen LogP contribution >= 0.6 is 11.6 Å². The lowest BCUT2D eigenvalue weighted by Crippen LogP contribution is -2.17. The normalized spacial score (nSPS) is 11.0. The number of hydrogen-bond donors (Lipinski definition) is 2. The number of hydrogen-bond acceptors (Lipinski definition) is 4. The van der Waals surface area contributed by atoms with Gasteiger partial charge in [-0.05, 0) is 42.5 Å². The van der Waals surface area contributed by atoms with Crippen molar-refractivity contribution in [3.8, 4) is 5.75 Å². The van der Waals surface area contributed by atoms with E-state index in [1.54, 1.807) is 18.2 Å². The molecule has 0 saturated heterocycles. The third-order valence-electron chi connectivity index (χ3n) is 3.95. The molecule has 0 fully saturated rings. The summed E-state index contributed by atoms with van der Waals surface area (Å²) in [6.07, 6.45) is 0. The second-order valence-corrected chi connectivity index (χ2v) is 7.94. The lowest BCUT2D eigenvalue weighted by atomic mass is 10.2. The number of ether oxygens (including phenoxy) is 1. The van der Waals surface area contributed by atoms with E-state index in [1.165, 1.54) is 49.6 Å². The quantitative estimate of drug-likeness (QED) is 0.596. The zero-order valence-corrected chi connectivity index (χ0v) is 16.7. The molecule has 0 saturated carbocycles. The van der Waals surface area contributed by atoms with Gasteiger partial charge in [-0.2, -0.15) is 0 Å². The number of amides is 1. The van der Waals surface area contributed by atoms with Gasteiger partial charge in [0, 0.05) is 5.69 Å². The second-order valence-electron chi connectivity index (χ2n) is 5.88. The summed E-state index contributed by atoms with van der Waals surface area (Å²) in [4.78, 5) is 12.1. The molecule has 3 rings (SSSR count). The van der Waals surface area contributed by atoms with Crippen LogP contribution < -0.4 is 14.8 Å². The third kappa shape index (κ3) is 4.67. The van der Waals surface area contributed by atoms with Crippen LogP contribution in [0.1, 0.15) is 10.4 Å². The van der Waals surface area contributed by atoms with Crippen LogP contribution in [0.4, 0.5) is 15.8 Å². The fourth-order valence-electron chi connectivity index (χ4n) is 2.55. The minimum absolute atomic E-state index is 0.0634. The summed E-state index contributed by atoms with van der Waals surface area (Å²) in [5, 5.41) is 2.71. The highest BCUT2D eigenvalue weighted by Gasteiger charge is 2.22. The minimum Gasteiger partial charge on any atom is -0.495 e. The highest BCUT2D eigenvalue weighted by molar-refractivity contribution is 7.92. The Morgan fingerprint density at radius 2 is 1.72 bits per heavy atom. The number of halogens is 2. The number of benzene rings is 3. The molecule has 0 aliphatic carbocycles. The molecule has 150 valence electrons. The predicted molar refractivity (Wildman–Crippen MR) is 110 cm³/mol. The Bertz CT molecular complexity index is 1170. The van der Waals surface area contributed by atoms with Crippen molar-refractivity contribution < 1.29 is 22.3 Å². The first kappa shape index (κ1) is 20.6. The molecule has 2 N–H and O–H groups in total. The molecule has 29 heavy (non-hydrogen) atoms. The van der Waals surface area contributed by atoms with E-state index >= 15 is 0 Å². The van der Waals surface area contributed by atoms with E-state index in [9.17, 15) is 17.6 Å². The van der Waals surface area contributed by atoms with Crippen LogP contribution in [0.2, 0.25) is 5.02 Å². The Hall–Kier alpha value is -3.10. The topological polar surface area (TPSA) is 84.5 Å². The highest BCUT2D eigenvalue weighted by Crippen LogP contribution is 2.31. The second kappa shape index (κ2) is 8.50. The maximum atomic E-state index is 13.8. The number of methoxy groups -OCH3 is 1. The maximum Gasteiger partial charge on any atom is 0.265 e. The summed E-state index contributed by atoms with van der Waals surface area (Å²) in [7, 11) is -2.77. The van der Waals surface area contributed by atoms with Crippen LogP contribution in [0.15, 0.2) is 71.6 Å². The number of rotatable bonds is 6. The maximum absolute atomic E-state index is 13.8. The van der Waals surface area contributed by atoms with Crippen LogP contribution in [0, 0.1) is 5.82 Å². The number of nitrogens with one attached hydrogen (secondary N) is 2. The Balaban J connectivity index is 1.94. The number of sulfonamides is 1. The standard InChI is InChI=1S/C20H16ClFN2O4S/c1-28-18-11-10-13(23-20(25)14-6-2-4-8-16(14)22)12-19(18)29(26,27)24-17-9-5-3-7-15(17)21/h2-12,24H,1H3,(H,23,25). The molecule has 0 heterocycles. The molecule has 6 nitrogen and oxygen atoms in total. The Morgan fingerprint density at radius 3 is 2.41 bits per heavy atom. The van der Waals surface area contributed by atoms with Gasteiger partial charge in [-0.3, -0.25) is 9.52 Å². The highest BCUT2D eigenvalue weighted by atomic mass is 35.5. The van der Waals surface area contributed by atoms with Crippen molar-refractivity contribution in [2.75, 3.05) is 17.1 Å². The number of para-hydroxylation sites is 1. The molecule has 3 aromatic rings. The van der Waals surface area contributed by atoms with Crippen molar-refractivity contribution in [3.05, 3.63) is 83.1 Å². The fourth-order valence-corrected chi connectivity index (χ4v) is 4.07. The van der Waals surface area contributed by atoms with Gasteiger partial charge in [-0.25, -0.2) is 12.8 Å². The van der Waals surface area contributed by atoms with Crippen LogP contribution in [0.3, 0.4) is 0 Å².